The molecule has 344 valence electrons. The van der Waals surface area contributed by atoms with Crippen molar-refractivity contribution in [1.29, 1.82) is 0 Å². The lowest BCUT2D eigenvalue weighted by molar-refractivity contribution is -0.237. The van der Waals surface area contributed by atoms with Gasteiger partial charge in [-0.15, -0.1) is 0 Å². The van der Waals surface area contributed by atoms with Gasteiger partial charge < -0.3 is 62.7 Å². The molecule has 2 fully saturated rings. The van der Waals surface area contributed by atoms with Gasteiger partial charge in [-0.1, -0.05) is 23.5 Å². The molecule has 1 aromatic rings. The first-order valence-electron chi connectivity index (χ1n) is 18.5. The molecule has 0 bridgehead atoms. The number of carbonyl (C=O) groups is 10. The van der Waals surface area contributed by atoms with E-state index in [0.29, 0.717) is 17.8 Å². The minimum absolute atomic E-state index is 0.279. The van der Waals surface area contributed by atoms with E-state index in [1.807, 2.05) is 0 Å². The van der Waals surface area contributed by atoms with Crippen molar-refractivity contribution >= 4 is 82.8 Å². The van der Waals surface area contributed by atoms with Crippen molar-refractivity contribution in [3.05, 3.63) is 27.0 Å². The lowest BCUT2D eigenvalue weighted by Crippen LogP contribution is -2.61. The SMILES string of the molecule is CC(=O)OCC1OC(SC2=C(SC3OC(COC(C)=O)C(OC(C)=O)C(OC(C)=O)C3OC(C)=O)C(=O)c3c(O)c(O)cc(O)c3C2=O)C(OC(C)=O)C(OC(C)=O)C1OC(C)=O. The van der Waals surface area contributed by atoms with Crippen molar-refractivity contribution in [2.24, 2.45) is 0 Å². The second-order valence-corrected chi connectivity index (χ2v) is 15.9. The van der Waals surface area contributed by atoms with Crippen LogP contribution >= 0.6 is 23.5 Å². The van der Waals surface area contributed by atoms with E-state index in [2.05, 4.69) is 0 Å². The van der Waals surface area contributed by atoms with Crippen molar-refractivity contribution < 1.29 is 111 Å². The van der Waals surface area contributed by atoms with Crippen LogP contribution in [0.25, 0.3) is 0 Å². The number of phenolic OH excluding ortho intramolecular Hbond substituents is 3. The number of hydrogen-bond acceptors (Lipinski definition) is 25. The molecule has 4 rings (SSSR count). The van der Waals surface area contributed by atoms with Gasteiger partial charge in [0.15, 0.2) is 48.1 Å². The highest BCUT2D eigenvalue weighted by Gasteiger charge is 2.56. The molecule has 23 nitrogen and oxygen atoms in total. The third-order valence-electron chi connectivity index (χ3n) is 8.70. The third-order valence-corrected chi connectivity index (χ3v) is 11.3. The van der Waals surface area contributed by atoms with Gasteiger partial charge in [-0.2, -0.15) is 0 Å². The number of carbonyl (C=O) groups excluding carboxylic acids is 10. The largest absolute Gasteiger partial charge is 0.507 e. The topological polar surface area (TPSA) is 324 Å². The lowest BCUT2D eigenvalue weighted by atomic mass is 9.92. The number of benzene rings is 1. The highest BCUT2D eigenvalue weighted by Crippen LogP contribution is 2.51. The fourth-order valence-electron chi connectivity index (χ4n) is 6.54. The number of fused-ring (bicyclic) bond motifs is 1. The van der Waals surface area contributed by atoms with Crippen LogP contribution in [0.1, 0.15) is 76.1 Å². The van der Waals surface area contributed by atoms with Gasteiger partial charge >= 0.3 is 47.8 Å². The first kappa shape index (κ1) is 49.7. The Morgan fingerprint density at radius 2 is 0.794 bits per heavy atom. The van der Waals surface area contributed by atoms with Gasteiger partial charge in [0.1, 0.15) is 42.0 Å². The summed E-state index contributed by atoms with van der Waals surface area (Å²) in [4.78, 5) is 126. The zero-order valence-electron chi connectivity index (χ0n) is 34.6. The average molecular weight is 931 g/mol. The third kappa shape index (κ3) is 12.2. The summed E-state index contributed by atoms with van der Waals surface area (Å²) in [6.07, 6.45) is -13.5. The number of hydrogen-bond donors (Lipinski definition) is 3. The molecule has 63 heavy (non-hydrogen) atoms. The van der Waals surface area contributed by atoms with Gasteiger partial charge in [0.05, 0.1) is 20.9 Å². The van der Waals surface area contributed by atoms with E-state index in [1.165, 1.54) is 0 Å². The number of rotatable bonds is 14. The Labute approximate surface area is 365 Å². The standard InChI is InChI=1S/C38H42O23S2/c1-12(39)52-10-22-29(54-14(3)41)31(56-16(5)43)33(58-18(7)45)37(60-22)62-35-27(50)24-20(47)9-21(48)26(49)25(24)28(51)36(35)63-38-34(59-19(8)46)32(57-17(6)44)30(55-15(4)42)23(61-38)11-53-13(2)40/h9,22-23,29-34,37-38,47-49H,10-11H2,1-8H3. The molecule has 10 atom stereocenters. The fraction of sp³-hybridized carbons (Fsp3) is 0.526. The number of phenols is 3. The number of Topliss-reactive ketones (excluding diaryl/α,β-unsaturated/α-hetero) is 2. The molecule has 0 spiro atoms. The molecule has 0 radical (unpaired) electrons. The second-order valence-electron chi connectivity index (χ2n) is 13.7. The van der Waals surface area contributed by atoms with Crippen LogP contribution in [0.5, 0.6) is 17.2 Å². The smallest absolute Gasteiger partial charge is 0.303 e. The van der Waals surface area contributed by atoms with Crippen LogP contribution < -0.4 is 0 Å². The number of aromatic hydroxyl groups is 3. The second kappa shape index (κ2) is 21.0. The Balaban J connectivity index is 2.01. The summed E-state index contributed by atoms with van der Waals surface area (Å²) in [5, 5.41) is 32.3. The van der Waals surface area contributed by atoms with Crippen molar-refractivity contribution in [3.8, 4) is 17.2 Å². The maximum absolute atomic E-state index is 14.7. The first-order chi connectivity index (χ1) is 29.4. The van der Waals surface area contributed by atoms with E-state index in [4.69, 9.17) is 47.4 Å². The minimum Gasteiger partial charge on any atom is -0.507 e. The van der Waals surface area contributed by atoms with E-state index in [0.717, 1.165) is 55.4 Å². The van der Waals surface area contributed by atoms with Gasteiger partial charge in [0, 0.05) is 61.5 Å². The molecule has 0 amide bonds. The molecule has 1 aliphatic carbocycles. The highest BCUT2D eigenvalue weighted by atomic mass is 32.2. The van der Waals surface area contributed by atoms with Crippen molar-refractivity contribution in [1.82, 2.24) is 0 Å². The summed E-state index contributed by atoms with van der Waals surface area (Å²) in [7, 11) is 0. The molecule has 1 aromatic carbocycles. The summed E-state index contributed by atoms with van der Waals surface area (Å²) in [5.41, 5.74) is -5.36. The molecular formula is C38H42O23S2. The average Bonchev–Trinajstić information content (AvgIpc) is 3.15. The molecule has 3 N–H and O–H groups in total. The predicted octanol–water partition coefficient (Wildman–Crippen LogP) is 1.03. The van der Waals surface area contributed by atoms with Crippen LogP contribution in [0.2, 0.25) is 0 Å². The molecule has 10 unspecified atom stereocenters. The van der Waals surface area contributed by atoms with Gasteiger partial charge in [0.25, 0.3) is 0 Å². The van der Waals surface area contributed by atoms with E-state index >= 15 is 0 Å². The van der Waals surface area contributed by atoms with Crippen LogP contribution in [0.4, 0.5) is 0 Å². The molecule has 0 aromatic heterocycles. The van der Waals surface area contributed by atoms with Crippen molar-refractivity contribution in [2.45, 2.75) is 115 Å². The number of esters is 8. The Kier molecular flexibility index (Phi) is 16.6. The Bertz CT molecular complexity index is 2100. The first-order valence-corrected chi connectivity index (χ1v) is 20.2. The lowest BCUT2D eigenvalue weighted by Gasteiger charge is -2.45. The quantitative estimate of drug-likeness (QED) is 0.101. The van der Waals surface area contributed by atoms with Crippen LogP contribution in [0, 0.1) is 0 Å². The van der Waals surface area contributed by atoms with E-state index < -0.39 is 170 Å². The van der Waals surface area contributed by atoms with Gasteiger partial charge in [0.2, 0.25) is 11.6 Å². The molecule has 3 aliphatic rings. The summed E-state index contributed by atoms with van der Waals surface area (Å²) in [6, 6.07) is 0.563. The number of ether oxygens (including phenoxy) is 10. The Morgan fingerprint density at radius 3 is 1.13 bits per heavy atom. The van der Waals surface area contributed by atoms with Crippen molar-refractivity contribution in [2.75, 3.05) is 13.2 Å². The molecule has 2 aliphatic heterocycles. The van der Waals surface area contributed by atoms with Crippen LogP contribution in [0.3, 0.4) is 0 Å². The maximum atomic E-state index is 14.7. The van der Waals surface area contributed by atoms with Crippen LogP contribution in [0.15, 0.2) is 15.9 Å². The Hall–Kier alpha value is -5.92. The summed E-state index contributed by atoms with van der Waals surface area (Å²) < 4.78 is 55.3. The highest BCUT2D eigenvalue weighted by molar-refractivity contribution is 8.08. The number of allylic oxidation sites excluding steroid dienone is 2. The number of thioether (sulfide) groups is 2. The zero-order valence-corrected chi connectivity index (χ0v) is 36.2. The molecule has 2 saturated heterocycles. The Morgan fingerprint density at radius 1 is 0.476 bits per heavy atom. The van der Waals surface area contributed by atoms with Crippen LogP contribution in [-0.4, -0.2) is 148 Å². The fourth-order valence-corrected chi connectivity index (χ4v) is 9.20. The monoisotopic (exact) mass is 930 g/mol. The van der Waals surface area contributed by atoms with E-state index in [1.54, 1.807) is 0 Å². The van der Waals surface area contributed by atoms with E-state index in [-0.39, 0.29) is 11.8 Å². The maximum Gasteiger partial charge on any atom is 0.303 e. The number of ketones is 2. The molecule has 2 heterocycles. The molecular weight excluding hydrogens is 889 g/mol. The normalized spacial score (nSPS) is 26.6. The molecule has 25 heteroatoms. The molecule has 0 saturated carbocycles. The summed E-state index contributed by atoms with van der Waals surface area (Å²) >= 11 is 0.576. The predicted molar refractivity (Wildman–Crippen MR) is 206 cm³/mol. The summed E-state index contributed by atoms with van der Waals surface area (Å²) in [5.74, 6) is -13.4. The minimum atomic E-state index is -1.82. The van der Waals surface area contributed by atoms with Gasteiger partial charge in [-0.05, 0) is 0 Å². The summed E-state index contributed by atoms with van der Waals surface area (Å²) in [6.45, 7) is 6.46. The van der Waals surface area contributed by atoms with Crippen molar-refractivity contribution in [3.63, 3.8) is 0 Å². The van der Waals surface area contributed by atoms with Crippen LogP contribution in [-0.2, 0) is 85.7 Å². The van der Waals surface area contributed by atoms with Gasteiger partial charge in [-0.3, -0.25) is 47.9 Å². The van der Waals surface area contributed by atoms with Gasteiger partial charge in [-0.25, -0.2) is 0 Å². The van der Waals surface area contributed by atoms with E-state index in [9.17, 15) is 63.3 Å². The zero-order chi connectivity index (χ0) is 47.2.